The first-order valence-electron chi connectivity index (χ1n) is 5.59. The summed E-state index contributed by atoms with van der Waals surface area (Å²) in [6, 6.07) is 12.4. The quantitative estimate of drug-likeness (QED) is 0.612. The number of ketones is 1. The number of rotatable bonds is 1. The van der Waals surface area contributed by atoms with Crippen LogP contribution in [-0.4, -0.2) is 18.9 Å². The van der Waals surface area contributed by atoms with Gasteiger partial charge in [0, 0.05) is 11.1 Å². The van der Waals surface area contributed by atoms with Gasteiger partial charge in [-0.25, -0.2) is 4.79 Å². The van der Waals surface area contributed by atoms with E-state index in [0.29, 0.717) is 16.7 Å². The van der Waals surface area contributed by atoms with Crippen molar-refractivity contribution in [2.45, 2.75) is 0 Å². The Hall–Kier alpha value is -2.42. The molecule has 0 N–H and O–H groups in total. The molecule has 0 unspecified atom stereocenters. The number of methoxy groups -OCH3 is 1. The highest BCUT2D eigenvalue weighted by Crippen LogP contribution is 2.36. The van der Waals surface area contributed by atoms with Gasteiger partial charge in [-0.1, -0.05) is 24.3 Å². The summed E-state index contributed by atoms with van der Waals surface area (Å²) in [6.07, 6.45) is 0. The smallest absolute Gasteiger partial charge is 0.337 e. The molecule has 0 heterocycles. The lowest BCUT2D eigenvalue weighted by Gasteiger charge is -2.03. The highest BCUT2D eigenvalue weighted by Gasteiger charge is 2.26. The van der Waals surface area contributed by atoms with Gasteiger partial charge in [-0.2, -0.15) is 0 Å². The fourth-order valence-electron chi connectivity index (χ4n) is 2.27. The van der Waals surface area contributed by atoms with Gasteiger partial charge >= 0.3 is 5.97 Å². The van der Waals surface area contributed by atoms with E-state index in [2.05, 4.69) is 4.74 Å². The Morgan fingerprint density at radius 2 is 1.61 bits per heavy atom. The molecule has 1 aliphatic carbocycles. The van der Waals surface area contributed by atoms with Crippen LogP contribution in [-0.2, 0) is 4.74 Å². The van der Waals surface area contributed by atoms with Crippen molar-refractivity contribution in [2.24, 2.45) is 0 Å². The van der Waals surface area contributed by atoms with Gasteiger partial charge in [-0.3, -0.25) is 4.79 Å². The predicted octanol–water partition coefficient (Wildman–Crippen LogP) is 2.68. The van der Waals surface area contributed by atoms with Crippen molar-refractivity contribution in [2.75, 3.05) is 7.11 Å². The molecule has 0 spiro atoms. The highest BCUT2D eigenvalue weighted by molar-refractivity contribution is 6.22. The third-order valence-corrected chi connectivity index (χ3v) is 3.15. The summed E-state index contributed by atoms with van der Waals surface area (Å²) >= 11 is 0. The first-order valence-corrected chi connectivity index (χ1v) is 5.59. The van der Waals surface area contributed by atoms with Crippen molar-refractivity contribution in [3.63, 3.8) is 0 Å². The molecule has 2 aromatic rings. The molecular weight excluding hydrogens is 228 g/mol. The molecule has 0 saturated heterocycles. The summed E-state index contributed by atoms with van der Waals surface area (Å²) in [4.78, 5) is 23.6. The van der Waals surface area contributed by atoms with E-state index in [1.54, 1.807) is 24.3 Å². The summed E-state index contributed by atoms with van der Waals surface area (Å²) < 4.78 is 4.69. The Kier molecular flexibility index (Phi) is 2.27. The normalized spacial score (nSPS) is 11.9. The van der Waals surface area contributed by atoms with E-state index in [-0.39, 0.29) is 5.78 Å². The molecule has 3 rings (SSSR count). The molecular formula is C15H10O3. The lowest BCUT2D eigenvalue weighted by atomic mass is 10.0. The molecule has 18 heavy (non-hydrogen) atoms. The maximum absolute atomic E-state index is 12.1. The van der Waals surface area contributed by atoms with Crippen LogP contribution in [0.15, 0.2) is 42.5 Å². The molecule has 0 fully saturated rings. The number of hydrogen-bond acceptors (Lipinski definition) is 3. The van der Waals surface area contributed by atoms with Crippen LogP contribution in [0.4, 0.5) is 0 Å². The van der Waals surface area contributed by atoms with E-state index in [1.165, 1.54) is 7.11 Å². The number of fused-ring (bicyclic) bond motifs is 3. The van der Waals surface area contributed by atoms with Crippen molar-refractivity contribution in [3.8, 4) is 11.1 Å². The number of hydrogen-bond donors (Lipinski definition) is 0. The van der Waals surface area contributed by atoms with Gasteiger partial charge in [0.1, 0.15) is 0 Å². The summed E-state index contributed by atoms with van der Waals surface area (Å²) in [7, 11) is 1.34. The summed E-state index contributed by atoms with van der Waals surface area (Å²) in [5, 5.41) is 0. The van der Waals surface area contributed by atoms with Crippen LogP contribution < -0.4 is 0 Å². The van der Waals surface area contributed by atoms with Crippen molar-refractivity contribution in [1.82, 2.24) is 0 Å². The Labute approximate surface area is 104 Å². The standard InChI is InChI=1S/C15H10O3/c1-18-15(17)9-6-7-12-13(8-9)10-4-2-3-5-11(10)14(12)16/h2-8H,1H3. The van der Waals surface area contributed by atoms with E-state index in [1.807, 2.05) is 18.2 Å². The lowest BCUT2D eigenvalue weighted by molar-refractivity contribution is 0.0600. The molecule has 0 saturated carbocycles. The molecule has 0 bridgehead atoms. The number of benzene rings is 2. The van der Waals surface area contributed by atoms with E-state index < -0.39 is 5.97 Å². The van der Waals surface area contributed by atoms with Crippen LogP contribution >= 0.6 is 0 Å². The van der Waals surface area contributed by atoms with Gasteiger partial charge in [0.05, 0.1) is 12.7 Å². The second kappa shape index (κ2) is 3.81. The van der Waals surface area contributed by atoms with Crippen LogP contribution in [0.5, 0.6) is 0 Å². The average Bonchev–Trinajstić information content (AvgIpc) is 2.72. The van der Waals surface area contributed by atoms with Gasteiger partial charge in [0.2, 0.25) is 0 Å². The van der Waals surface area contributed by atoms with E-state index in [0.717, 1.165) is 11.1 Å². The maximum atomic E-state index is 12.1. The van der Waals surface area contributed by atoms with Gasteiger partial charge in [-0.15, -0.1) is 0 Å². The van der Waals surface area contributed by atoms with Crippen molar-refractivity contribution in [3.05, 3.63) is 59.2 Å². The van der Waals surface area contributed by atoms with E-state index in [4.69, 9.17) is 0 Å². The molecule has 0 aromatic heterocycles. The summed E-state index contributed by atoms with van der Waals surface area (Å²) in [6.45, 7) is 0. The predicted molar refractivity (Wildman–Crippen MR) is 66.7 cm³/mol. The second-order valence-electron chi connectivity index (χ2n) is 4.13. The first kappa shape index (κ1) is 10.7. The molecule has 0 amide bonds. The zero-order valence-electron chi connectivity index (χ0n) is 9.77. The molecule has 0 aliphatic heterocycles. The fraction of sp³-hybridized carbons (Fsp3) is 0.0667. The molecule has 0 atom stereocenters. The van der Waals surface area contributed by atoms with Crippen molar-refractivity contribution < 1.29 is 14.3 Å². The maximum Gasteiger partial charge on any atom is 0.337 e. The Balaban J connectivity index is 2.23. The average molecular weight is 238 g/mol. The minimum atomic E-state index is -0.394. The van der Waals surface area contributed by atoms with Crippen LogP contribution in [0.25, 0.3) is 11.1 Å². The first-order chi connectivity index (χ1) is 8.72. The van der Waals surface area contributed by atoms with E-state index >= 15 is 0 Å². The minimum Gasteiger partial charge on any atom is -0.465 e. The van der Waals surface area contributed by atoms with Gasteiger partial charge in [0.25, 0.3) is 0 Å². The van der Waals surface area contributed by atoms with Crippen LogP contribution in [0.1, 0.15) is 26.3 Å². The molecule has 3 heteroatoms. The zero-order valence-corrected chi connectivity index (χ0v) is 9.77. The fourth-order valence-corrected chi connectivity index (χ4v) is 2.27. The monoisotopic (exact) mass is 238 g/mol. The lowest BCUT2D eigenvalue weighted by Crippen LogP contribution is -2.02. The summed E-state index contributed by atoms with van der Waals surface area (Å²) in [5.74, 6) is -0.383. The van der Waals surface area contributed by atoms with Gasteiger partial charge in [-0.05, 0) is 29.3 Å². The van der Waals surface area contributed by atoms with Crippen molar-refractivity contribution >= 4 is 11.8 Å². The number of carbonyl (C=O) groups is 2. The Morgan fingerprint density at radius 1 is 0.944 bits per heavy atom. The second-order valence-corrected chi connectivity index (χ2v) is 4.13. The minimum absolute atomic E-state index is 0.0111. The summed E-state index contributed by atoms with van der Waals surface area (Å²) in [5.41, 5.74) is 3.47. The zero-order chi connectivity index (χ0) is 12.7. The SMILES string of the molecule is COC(=O)c1ccc2c(c1)-c1ccccc1C2=O. The molecule has 3 nitrogen and oxygen atoms in total. The number of carbonyl (C=O) groups excluding carboxylic acids is 2. The Bertz CT molecular complexity index is 671. The van der Waals surface area contributed by atoms with Crippen LogP contribution in [0, 0.1) is 0 Å². The van der Waals surface area contributed by atoms with Crippen LogP contribution in [0.2, 0.25) is 0 Å². The third kappa shape index (κ3) is 1.37. The molecule has 2 aromatic carbocycles. The molecule has 0 radical (unpaired) electrons. The number of ether oxygens (including phenoxy) is 1. The van der Waals surface area contributed by atoms with Crippen LogP contribution in [0.3, 0.4) is 0 Å². The third-order valence-electron chi connectivity index (χ3n) is 3.15. The van der Waals surface area contributed by atoms with Gasteiger partial charge in [0.15, 0.2) is 5.78 Å². The van der Waals surface area contributed by atoms with Gasteiger partial charge < -0.3 is 4.74 Å². The van der Waals surface area contributed by atoms with Crippen molar-refractivity contribution in [1.29, 1.82) is 0 Å². The Morgan fingerprint density at radius 3 is 2.33 bits per heavy atom. The highest BCUT2D eigenvalue weighted by atomic mass is 16.5. The van der Waals surface area contributed by atoms with E-state index in [9.17, 15) is 9.59 Å². The molecule has 88 valence electrons. The largest absolute Gasteiger partial charge is 0.465 e. The number of esters is 1. The molecule has 1 aliphatic rings. The topological polar surface area (TPSA) is 43.4 Å².